The van der Waals surface area contributed by atoms with Crippen molar-refractivity contribution in [1.29, 1.82) is 15.9 Å². The Kier molecular flexibility index (Phi) is 9.26. The number of terminal acetylenes is 1. The molecular weight excluding hydrogens is 334 g/mol. The number of nitriles is 2. The SMILES string of the molecule is C#CC(=C/C)/C(=C\C(=C\CCC)c1ccc(/C=C(/C#N)C=N)[nH]1)NCC#N. The van der Waals surface area contributed by atoms with E-state index in [2.05, 4.69) is 35.3 Å². The zero-order valence-corrected chi connectivity index (χ0v) is 15.6. The molecule has 136 valence electrons. The molecule has 3 N–H and O–H groups in total. The van der Waals surface area contributed by atoms with E-state index < -0.39 is 0 Å². The van der Waals surface area contributed by atoms with E-state index in [1.54, 1.807) is 6.08 Å². The summed E-state index contributed by atoms with van der Waals surface area (Å²) in [6.45, 7) is 4.10. The second kappa shape index (κ2) is 11.7. The van der Waals surface area contributed by atoms with Crippen LogP contribution in [0.1, 0.15) is 38.1 Å². The van der Waals surface area contributed by atoms with Crippen molar-refractivity contribution in [2.75, 3.05) is 6.54 Å². The molecule has 0 aliphatic rings. The topological polar surface area (TPSA) is 99.2 Å². The van der Waals surface area contributed by atoms with Crippen molar-refractivity contribution in [2.24, 2.45) is 0 Å². The van der Waals surface area contributed by atoms with Crippen LogP contribution >= 0.6 is 0 Å². The van der Waals surface area contributed by atoms with Gasteiger partial charge in [-0.1, -0.05) is 31.4 Å². The first-order valence-electron chi connectivity index (χ1n) is 8.61. The van der Waals surface area contributed by atoms with Crippen LogP contribution in [0.15, 0.2) is 47.2 Å². The zero-order chi connectivity index (χ0) is 20.1. The molecule has 0 bridgehead atoms. The predicted octanol–water partition coefficient (Wildman–Crippen LogP) is 4.33. The van der Waals surface area contributed by atoms with Crippen LogP contribution in [0.2, 0.25) is 0 Å². The molecule has 1 rings (SSSR count). The maximum Gasteiger partial charge on any atom is 0.103 e. The van der Waals surface area contributed by atoms with Gasteiger partial charge in [0.05, 0.1) is 17.3 Å². The lowest BCUT2D eigenvalue weighted by molar-refractivity contribution is 0.930. The number of aromatic amines is 1. The van der Waals surface area contributed by atoms with Crippen molar-refractivity contribution in [3.05, 3.63) is 58.6 Å². The number of aromatic nitrogens is 1. The molecule has 0 saturated carbocycles. The van der Waals surface area contributed by atoms with Gasteiger partial charge in [-0.15, -0.1) is 6.42 Å². The Labute approximate surface area is 160 Å². The third-order valence-corrected chi connectivity index (χ3v) is 3.66. The summed E-state index contributed by atoms with van der Waals surface area (Å²) in [4.78, 5) is 3.25. The van der Waals surface area contributed by atoms with Crippen LogP contribution in [0.5, 0.6) is 0 Å². The van der Waals surface area contributed by atoms with Crippen LogP contribution in [-0.4, -0.2) is 17.7 Å². The molecule has 0 saturated heterocycles. The zero-order valence-electron chi connectivity index (χ0n) is 15.6. The average molecular weight is 357 g/mol. The van der Waals surface area contributed by atoms with Gasteiger partial charge >= 0.3 is 0 Å². The van der Waals surface area contributed by atoms with Crippen LogP contribution < -0.4 is 5.32 Å². The Balaban J connectivity index is 3.38. The number of allylic oxidation sites excluding steroid dienone is 6. The fourth-order valence-corrected chi connectivity index (χ4v) is 2.32. The van der Waals surface area contributed by atoms with Crippen LogP contribution in [0.25, 0.3) is 11.6 Å². The quantitative estimate of drug-likeness (QED) is 0.202. The van der Waals surface area contributed by atoms with Gasteiger partial charge in [0.2, 0.25) is 0 Å². The van der Waals surface area contributed by atoms with E-state index in [0.29, 0.717) is 11.3 Å². The maximum atomic E-state index is 8.97. The highest BCUT2D eigenvalue weighted by atomic mass is 14.9. The standard InChI is InChI=1S/C22H23N5/c1-4-7-8-19(14-22(26-12-11-23)18(5-2)6-3)21-10-9-20(27-21)13-17(15-24)16-25/h2,6,8-10,13-15,24,26-27H,4,7,12H2,1,3H3/b17-13+,18-6-,19-8-,22-14+,24-15?. The molecule has 0 aliphatic carbocycles. The van der Waals surface area contributed by atoms with Gasteiger partial charge in [-0.2, -0.15) is 10.5 Å². The Bertz CT molecular complexity index is 902. The van der Waals surface area contributed by atoms with Crippen molar-refractivity contribution in [1.82, 2.24) is 10.3 Å². The monoisotopic (exact) mass is 357 g/mol. The highest BCUT2D eigenvalue weighted by molar-refractivity contribution is 5.88. The summed E-state index contributed by atoms with van der Waals surface area (Å²) in [7, 11) is 0. The van der Waals surface area contributed by atoms with Crippen LogP contribution in [0, 0.1) is 40.4 Å². The highest BCUT2D eigenvalue weighted by Gasteiger charge is 2.07. The molecule has 27 heavy (non-hydrogen) atoms. The molecule has 0 atom stereocenters. The van der Waals surface area contributed by atoms with E-state index in [0.717, 1.165) is 36.0 Å². The van der Waals surface area contributed by atoms with Gasteiger partial charge in [-0.3, -0.25) is 0 Å². The molecule has 1 aromatic rings. The lowest BCUT2D eigenvalue weighted by Gasteiger charge is -2.10. The molecule has 1 aromatic heterocycles. The van der Waals surface area contributed by atoms with Crippen LogP contribution in [0.4, 0.5) is 0 Å². The summed E-state index contributed by atoms with van der Waals surface area (Å²) in [6.07, 6.45) is 15.9. The Hall–Kier alpha value is -3.75. The molecule has 0 aromatic carbocycles. The van der Waals surface area contributed by atoms with Gasteiger partial charge in [0.25, 0.3) is 0 Å². The minimum atomic E-state index is 0.148. The van der Waals surface area contributed by atoms with Crippen molar-refractivity contribution >= 4 is 17.9 Å². The number of H-pyrrole nitrogens is 1. The molecule has 5 heteroatoms. The van der Waals surface area contributed by atoms with E-state index in [1.807, 2.05) is 37.3 Å². The molecule has 0 radical (unpaired) electrons. The second-order valence-electron chi connectivity index (χ2n) is 5.55. The fourth-order valence-electron chi connectivity index (χ4n) is 2.32. The smallest absolute Gasteiger partial charge is 0.103 e. The molecule has 0 amide bonds. The van der Waals surface area contributed by atoms with E-state index in [4.69, 9.17) is 22.4 Å². The first kappa shape index (κ1) is 21.3. The van der Waals surface area contributed by atoms with Gasteiger partial charge in [-0.05, 0) is 43.2 Å². The summed E-state index contributed by atoms with van der Waals surface area (Å²) in [5.41, 5.74) is 4.16. The normalized spacial score (nSPS) is 12.7. The molecule has 0 fully saturated rings. The molecular formula is C22H23N5. The molecule has 1 heterocycles. The number of rotatable bonds is 9. The number of hydrogen-bond acceptors (Lipinski definition) is 4. The van der Waals surface area contributed by atoms with Crippen molar-refractivity contribution in [3.8, 4) is 24.5 Å². The van der Waals surface area contributed by atoms with E-state index in [-0.39, 0.29) is 12.1 Å². The average Bonchev–Trinajstić information content (AvgIpc) is 3.16. The number of nitrogens with zero attached hydrogens (tertiary/aromatic N) is 2. The number of hydrogen-bond donors (Lipinski definition) is 3. The van der Waals surface area contributed by atoms with Gasteiger partial charge in [0, 0.05) is 23.2 Å². The van der Waals surface area contributed by atoms with Crippen LogP contribution in [-0.2, 0) is 0 Å². The van der Waals surface area contributed by atoms with E-state index >= 15 is 0 Å². The summed E-state index contributed by atoms with van der Waals surface area (Å²) < 4.78 is 0. The summed E-state index contributed by atoms with van der Waals surface area (Å²) in [5.74, 6) is 2.63. The van der Waals surface area contributed by atoms with Gasteiger partial charge in [0.1, 0.15) is 12.6 Å². The third kappa shape index (κ3) is 6.58. The predicted molar refractivity (Wildman–Crippen MR) is 110 cm³/mol. The highest BCUT2D eigenvalue weighted by Crippen LogP contribution is 2.21. The fraction of sp³-hybridized carbons (Fsp3) is 0.227. The molecule has 0 aliphatic heterocycles. The first-order valence-corrected chi connectivity index (χ1v) is 8.61. The van der Waals surface area contributed by atoms with Crippen LogP contribution in [0.3, 0.4) is 0 Å². The number of nitrogens with one attached hydrogen (secondary N) is 3. The second-order valence-corrected chi connectivity index (χ2v) is 5.55. The van der Waals surface area contributed by atoms with E-state index in [1.165, 1.54) is 0 Å². The lowest BCUT2D eigenvalue weighted by Crippen LogP contribution is -2.15. The summed E-state index contributed by atoms with van der Waals surface area (Å²) >= 11 is 0. The van der Waals surface area contributed by atoms with Gasteiger partial charge in [0.15, 0.2) is 0 Å². The largest absolute Gasteiger partial charge is 0.371 e. The molecule has 5 nitrogen and oxygen atoms in total. The third-order valence-electron chi connectivity index (χ3n) is 3.66. The van der Waals surface area contributed by atoms with Gasteiger partial charge in [-0.25, -0.2) is 0 Å². The Morgan fingerprint density at radius 1 is 1.37 bits per heavy atom. The summed E-state index contributed by atoms with van der Waals surface area (Å²) in [6, 6.07) is 7.78. The van der Waals surface area contributed by atoms with E-state index in [9.17, 15) is 0 Å². The van der Waals surface area contributed by atoms with Crippen molar-refractivity contribution in [3.63, 3.8) is 0 Å². The summed E-state index contributed by atoms with van der Waals surface area (Å²) in [5, 5.41) is 28.1. The molecule has 0 unspecified atom stereocenters. The lowest BCUT2D eigenvalue weighted by atomic mass is 10.1. The maximum absolute atomic E-state index is 8.97. The van der Waals surface area contributed by atoms with Crippen molar-refractivity contribution in [2.45, 2.75) is 26.7 Å². The minimum Gasteiger partial charge on any atom is -0.371 e. The first-order chi connectivity index (χ1) is 13.1. The number of unbranched alkanes of at least 4 members (excludes halogenated alkanes) is 1. The molecule has 0 spiro atoms. The minimum absolute atomic E-state index is 0.148. The van der Waals surface area contributed by atoms with Gasteiger partial charge < -0.3 is 15.7 Å². The Morgan fingerprint density at radius 3 is 2.70 bits per heavy atom. The van der Waals surface area contributed by atoms with Crippen molar-refractivity contribution < 1.29 is 0 Å². The Morgan fingerprint density at radius 2 is 2.15 bits per heavy atom.